The van der Waals surface area contributed by atoms with Crippen molar-refractivity contribution in [3.63, 3.8) is 0 Å². The van der Waals surface area contributed by atoms with E-state index in [0.29, 0.717) is 11.1 Å². The fourth-order valence-electron chi connectivity index (χ4n) is 1.88. The summed E-state index contributed by atoms with van der Waals surface area (Å²) in [4.78, 5) is 27.8. The van der Waals surface area contributed by atoms with E-state index in [9.17, 15) is 9.59 Å². The zero-order valence-electron chi connectivity index (χ0n) is 12.7. The van der Waals surface area contributed by atoms with Gasteiger partial charge in [-0.2, -0.15) is 10.2 Å². The molecule has 1 aromatic heterocycles. The Morgan fingerprint density at radius 1 is 1.39 bits per heavy atom. The Morgan fingerprint density at radius 3 is 2.83 bits per heavy atom. The molecule has 0 spiro atoms. The Morgan fingerprint density at radius 2 is 2.13 bits per heavy atom. The predicted octanol–water partition coefficient (Wildman–Crippen LogP) is 1.46. The number of rotatable bonds is 6. The lowest BCUT2D eigenvalue weighted by Crippen LogP contribution is -2.25. The van der Waals surface area contributed by atoms with E-state index < -0.39 is 5.69 Å². The minimum Gasteiger partial charge on any atom is -0.376 e. The van der Waals surface area contributed by atoms with Crippen molar-refractivity contribution in [2.45, 2.75) is 13.0 Å². The molecular formula is C16H16N4O3. The number of aromatic nitrogens is 2. The summed E-state index contributed by atoms with van der Waals surface area (Å²) >= 11 is 0. The minimum absolute atomic E-state index is 0.146. The maximum Gasteiger partial charge on any atom is 0.349 e. The summed E-state index contributed by atoms with van der Waals surface area (Å²) in [5, 5.41) is 11.1. The van der Waals surface area contributed by atoms with Crippen LogP contribution in [0.15, 0.2) is 41.3 Å². The molecule has 2 rings (SSSR count). The number of benzene rings is 1. The molecule has 2 aromatic rings. The molecule has 0 fully saturated rings. The van der Waals surface area contributed by atoms with Gasteiger partial charge in [-0.25, -0.2) is 4.79 Å². The van der Waals surface area contributed by atoms with Crippen molar-refractivity contribution in [2.75, 3.05) is 11.9 Å². The lowest BCUT2D eigenvalue weighted by Gasteiger charge is -2.11. The van der Waals surface area contributed by atoms with Gasteiger partial charge >= 0.3 is 5.69 Å². The summed E-state index contributed by atoms with van der Waals surface area (Å²) in [6.07, 6.45) is 1.83. The van der Waals surface area contributed by atoms with E-state index >= 15 is 0 Å². The van der Waals surface area contributed by atoms with Crippen LogP contribution in [-0.2, 0) is 18.4 Å². The van der Waals surface area contributed by atoms with Crippen molar-refractivity contribution in [3.8, 4) is 6.07 Å². The van der Waals surface area contributed by atoms with Gasteiger partial charge in [0.15, 0.2) is 0 Å². The molecule has 0 bridgehead atoms. The van der Waals surface area contributed by atoms with Crippen molar-refractivity contribution in [1.29, 1.82) is 5.26 Å². The second-order valence-corrected chi connectivity index (χ2v) is 4.79. The largest absolute Gasteiger partial charge is 0.376 e. The molecule has 0 unspecified atom stereocenters. The highest BCUT2D eigenvalue weighted by molar-refractivity contribution is 6.04. The second kappa shape index (κ2) is 7.87. The molecule has 0 saturated carbocycles. The Bertz CT molecular complexity index is 778. The van der Waals surface area contributed by atoms with Gasteiger partial charge in [-0.15, -0.1) is 0 Å². The molecule has 1 aromatic carbocycles. The SMILES string of the molecule is Cn1cc(COCCC#N)c(NC(=O)c2ccccc2)nc1=O. The first-order valence-electron chi connectivity index (χ1n) is 6.99. The van der Waals surface area contributed by atoms with E-state index in [1.807, 2.05) is 12.1 Å². The first-order chi connectivity index (χ1) is 11.1. The smallest absolute Gasteiger partial charge is 0.349 e. The highest BCUT2D eigenvalue weighted by Crippen LogP contribution is 2.13. The van der Waals surface area contributed by atoms with E-state index in [2.05, 4.69) is 10.3 Å². The Kier molecular flexibility index (Phi) is 5.61. The fourth-order valence-corrected chi connectivity index (χ4v) is 1.88. The zero-order valence-corrected chi connectivity index (χ0v) is 12.7. The van der Waals surface area contributed by atoms with Crippen molar-refractivity contribution in [3.05, 3.63) is 58.1 Å². The van der Waals surface area contributed by atoms with E-state index in [1.54, 1.807) is 37.5 Å². The Hall–Kier alpha value is -2.98. The van der Waals surface area contributed by atoms with E-state index in [1.165, 1.54) is 4.57 Å². The monoisotopic (exact) mass is 312 g/mol. The highest BCUT2D eigenvalue weighted by atomic mass is 16.5. The molecule has 23 heavy (non-hydrogen) atoms. The maximum atomic E-state index is 12.2. The zero-order chi connectivity index (χ0) is 16.7. The second-order valence-electron chi connectivity index (χ2n) is 4.79. The van der Waals surface area contributed by atoms with Gasteiger partial charge in [-0.05, 0) is 12.1 Å². The van der Waals surface area contributed by atoms with Gasteiger partial charge in [0.1, 0.15) is 5.82 Å². The third-order valence-electron chi connectivity index (χ3n) is 3.05. The predicted molar refractivity (Wildman–Crippen MR) is 83.8 cm³/mol. The van der Waals surface area contributed by atoms with Gasteiger partial charge in [-0.1, -0.05) is 18.2 Å². The average molecular weight is 312 g/mol. The minimum atomic E-state index is -0.478. The van der Waals surface area contributed by atoms with Gasteiger partial charge in [-0.3, -0.25) is 4.79 Å². The number of nitrogens with one attached hydrogen (secondary N) is 1. The molecule has 0 aliphatic carbocycles. The van der Waals surface area contributed by atoms with Gasteiger partial charge < -0.3 is 14.6 Å². The van der Waals surface area contributed by atoms with Crippen molar-refractivity contribution in [1.82, 2.24) is 9.55 Å². The Balaban J connectivity index is 2.19. The first kappa shape index (κ1) is 16.4. The van der Waals surface area contributed by atoms with Crippen LogP contribution < -0.4 is 11.0 Å². The molecule has 7 heteroatoms. The van der Waals surface area contributed by atoms with E-state index in [-0.39, 0.29) is 31.4 Å². The van der Waals surface area contributed by atoms with Gasteiger partial charge in [0.2, 0.25) is 0 Å². The molecule has 118 valence electrons. The summed E-state index contributed by atoms with van der Waals surface area (Å²) < 4.78 is 6.66. The number of carbonyl (C=O) groups is 1. The molecular weight excluding hydrogens is 296 g/mol. The van der Waals surface area contributed by atoms with Gasteiger partial charge in [0.05, 0.1) is 25.7 Å². The van der Waals surface area contributed by atoms with E-state index in [4.69, 9.17) is 10.00 Å². The molecule has 7 nitrogen and oxygen atoms in total. The number of ether oxygens (including phenoxy) is 1. The van der Waals surface area contributed by atoms with E-state index in [0.717, 1.165) is 0 Å². The molecule has 0 aliphatic rings. The van der Waals surface area contributed by atoms with Crippen molar-refractivity contribution in [2.24, 2.45) is 7.05 Å². The third kappa shape index (κ3) is 4.49. The summed E-state index contributed by atoms with van der Waals surface area (Å²) in [5.41, 5.74) is 0.551. The van der Waals surface area contributed by atoms with Gasteiger partial charge in [0, 0.05) is 24.4 Å². The summed E-state index contributed by atoms with van der Waals surface area (Å²) in [6, 6.07) is 10.6. The molecule has 0 aliphatic heterocycles. The molecule has 0 atom stereocenters. The number of hydrogen-bond donors (Lipinski definition) is 1. The summed E-state index contributed by atoms with van der Waals surface area (Å²) in [7, 11) is 1.57. The molecule has 1 heterocycles. The van der Waals surface area contributed by atoms with Crippen LogP contribution in [0.25, 0.3) is 0 Å². The summed E-state index contributed by atoms with van der Waals surface area (Å²) in [5.74, 6) is -0.191. The molecule has 1 N–H and O–H groups in total. The fraction of sp³-hybridized carbons (Fsp3) is 0.250. The van der Waals surface area contributed by atoms with Crippen LogP contribution in [0.3, 0.4) is 0 Å². The summed E-state index contributed by atoms with van der Waals surface area (Å²) in [6.45, 7) is 0.415. The molecule has 0 radical (unpaired) electrons. The first-order valence-corrected chi connectivity index (χ1v) is 6.99. The molecule has 0 saturated heterocycles. The number of hydrogen-bond acceptors (Lipinski definition) is 5. The van der Waals surface area contributed by atoms with Crippen LogP contribution in [-0.4, -0.2) is 22.1 Å². The number of nitrogens with zero attached hydrogens (tertiary/aromatic N) is 3. The lowest BCUT2D eigenvalue weighted by molar-refractivity contribution is 0.102. The average Bonchev–Trinajstić information content (AvgIpc) is 2.56. The number of carbonyl (C=O) groups excluding carboxylic acids is 1. The van der Waals surface area contributed by atoms with Crippen LogP contribution in [0.1, 0.15) is 22.3 Å². The van der Waals surface area contributed by atoms with Crippen molar-refractivity contribution < 1.29 is 9.53 Å². The quantitative estimate of drug-likeness (QED) is 0.814. The highest BCUT2D eigenvalue weighted by Gasteiger charge is 2.12. The van der Waals surface area contributed by atoms with Crippen LogP contribution in [0, 0.1) is 11.3 Å². The Labute approximate surface area is 133 Å². The number of anilines is 1. The van der Waals surface area contributed by atoms with Crippen LogP contribution in [0.2, 0.25) is 0 Å². The van der Waals surface area contributed by atoms with Gasteiger partial charge in [0.25, 0.3) is 5.91 Å². The topological polar surface area (TPSA) is 97.0 Å². The van der Waals surface area contributed by atoms with Crippen LogP contribution >= 0.6 is 0 Å². The number of aryl methyl sites for hydroxylation is 1. The third-order valence-corrected chi connectivity index (χ3v) is 3.05. The van der Waals surface area contributed by atoms with Crippen LogP contribution in [0.4, 0.5) is 5.82 Å². The molecule has 1 amide bonds. The van der Waals surface area contributed by atoms with Crippen LogP contribution in [0.5, 0.6) is 0 Å². The normalized spacial score (nSPS) is 10.1. The standard InChI is InChI=1S/C16H16N4O3/c1-20-10-13(11-23-9-5-8-17)14(19-16(20)22)18-15(21)12-6-3-2-4-7-12/h2-4,6-7,10H,5,9,11H2,1H3,(H,18,19,21,22). The number of nitriles is 1. The lowest BCUT2D eigenvalue weighted by atomic mass is 10.2. The number of amides is 1. The maximum absolute atomic E-state index is 12.2. The van der Waals surface area contributed by atoms with Crippen molar-refractivity contribution >= 4 is 11.7 Å².